The lowest BCUT2D eigenvalue weighted by Gasteiger charge is -2.20. The molecule has 1 aromatic carbocycles. The Morgan fingerprint density at radius 1 is 1.15 bits per heavy atom. The summed E-state index contributed by atoms with van der Waals surface area (Å²) in [7, 11) is 1.67. The maximum Gasteiger partial charge on any atom is 0.204 e. The molecular formula is C26H34N6OS. The van der Waals surface area contributed by atoms with Gasteiger partial charge in [0, 0.05) is 18.5 Å². The minimum absolute atomic E-state index is 0.195. The van der Waals surface area contributed by atoms with E-state index in [1.54, 1.807) is 23.2 Å². The van der Waals surface area contributed by atoms with Crippen molar-refractivity contribution in [3.63, 3.8) is 0 Å². The van der Waals surface area contributed by atoms with E-state index in [0.29, 0.717) is 11.6 Å². The molecule has 1 aliphatic heterocycles. The fourth-order valence-electron chi connectivity index (χ4n) is 4.02. The standard InChI is InChI=1S/C26H34N6OS/c1-8-10-16-31(9-2)20-15-14-19(34-20)27-21-23(26(4,5)6)29-32-25(21)28-24(30-32)18-13-11-12-17(3)22(18)33-7/h11-15H,8-10,16H2,1-7H3. The first-order chi connectivity index (χ1) is 16.3. The lowest BCUT2D eigenvalue weighted by molar-refractivity contribution is 0.413. The molecule has 2 aromatic heterocycles. The highest BCUT2D eigenvalue weighted by atomic mass is 32.1. The fraction of sp³-hybridized carbons (Fsp3) is 0.462. The molecule has 0 bridgehead atoms. The maximum absolute atomic E-state index is 5.63. The van der Waals surface area contributed by atoms with Gasteiger partial charge in [0.1, 0.15) is 16.5 Å². The monoisotopic (exact) mass is 478 g/mol. The number of hydrogen-bond donors (Lipinski definition) is 0. The van der Waals surface area contributed by atoms with Crippen molar-refractivity contribution in [2.45, 2.75) is 54.4 Å². The molecule has 0 unspecified atom stereocenters. The van der Waals surface area contributed by atoms with Crippen molar-refractivity contribution in [2.75, 3.05) is 25.1 Å². The highest BCUT2D eigenvalue weighted by Gasteiger charge is 2.35. The van der Waals surface area contributed by atoms with Crippen LogP contribution in [0.2, 0.25) is 0 Å². The number of hydrogen-bond acceptors (Lipinski definition) is 7. The second kappa shape index (κ2) is 9.70. The molecule has 0 fully saturated rings. The van der Waals surface area contributed by atoms with Crippen molar-refractivity contribution in [3.8, 4) is 17.1 Å². The van der Waals surface area contributed by atoms with Crippen LogP contribution in [0.25, 0.3) is 11.4 Å². The van der Waals surface area contributed by atoms with E-state index in [1.807, 2.05) is 25.1 Å². The Morgan fingerprint density at radius 2 is 1.94 bits per heavy atom. The van der Waals surface area contributed by atoms with E-state index in [-0.39, 0.29) is 5.41 Å². The molecule has 0 N–H and O–H groups in total. The quantitative estimate of drug-likeness (QED) is 0.379. The Morgan fingerprint density at radius 3 is 2.62 bits per heavy atom. The number of ether oxygens (including phenoxy) is 1. The molecule has 0 saturated heterocycles. The third kappa shape index (κ3) is 4.64. The van der Waals surface area contributed by atoms with E-state index in [0.717, 1.165) is 46.4 Å². The number of aliphatic imine (C=N–C) groups is 1. The van der Waals surface area contributed by atoms with Crippen LogP contribution >= 0.6 is 11.3 Å². The van der Waals surface area contributed by atoms with Crippen LogP contribution < -0.4 is 9.64 Å². The molecule has 180 valence electrons. The van der Waals surface area contributed by atoms with Gasteiger partial charge in [-0.2, -0.15) is 5.10 Å². The fourth-order valence-corrected chi connectivity index (χ4v) is 5.00. The SMILES string of the molecule is CCCCN(CC)c1ccc(N=C2C(C(C)(C)C)=Nn3nc(-c4cccc(C)c4OC)nc32)s1. The van der Waals surface area contributed by atoms with Crippen LogP contribution in [0.4, 0.5) is 10.0 Å². The van der Waals surface area contributed by atoms with Crippen LogP contribution in [0.5, 0.6) is 5.75 Å². The van der Waals surface area contributed by atoms with Gasteiger partial charge < -0.3 is 9.64 Å². The molecule has 1 aliphatic rings. The average molecular weight is 479 g/mol. The zero-order chi connectivity index (χ0) is 24.5. The van der Waals surface area contributed by atoms with E-state index >= 15 is 0 Å². The Labute approximate surface area is 206 Å². The summed E-state index contributed by atoms with van der Waals surface area (Å²) in [4.78, 5) is 14.0. The van der Waals surface area contributed by atoms with Gasteiger partial charge in [0.25, 0.3) is 0 Å². The molecular weight excluding hydrogens is 444 g/mol. The van der Waals surface area contributed by atoms with Gasteiger partial charge in [0.2, 0.25) is 5.82 Å². The van der Waals surface area contributed by atoms with E-state index in [9.17, 15) is 0 Å². The summed E-state index contributed by atoms with van der Waals surface area (Å²) in [5.74, 6) is 2.03. The third-order valence-electron chi connectivity index (χ3n) is 5.86. The van der Waals surface area contributed by atoms with E-state index < -0.39 is 0 Å². The zero-order valence-electron chi connectivity index (χ0n) is 21.2. The molecule has 0 amide bonds. The summed E-state index contributed by atoms with van der Waals surface area (Å²) in [6.07, 6.45) is 2.37. The van der Waals surface area contributed by atoms with Gasteiger partial charge >= 0.3 is 0 Å². The second-order valence-corrected chi connectivity index (χ2v) is 10.5. The van der Waals surface area contributed by atoms with Crippen molar-refractivity contribution in [1.29, 1.82) is 0 Å². The first kappa shape index (κ1) is 24.1. The van der Waals surface area contributed by atoms with Crippen molar-refractivity contribution in [1.82, 2.24) is 14.9 Å². The molecule has 0 radical (unpaired) electrons. The number of benzene rings is 1. The molecule has 8 heteroatoms. The predicted octanol–water partition coefficient (Wildman–Crippen LogP) is 6.33. The molecule has 7 nitrogen and oxygen atoms in total. The van der Waals surface area contributed by atoms with Crippen LogP contribution in [0.15, 0.2) is 40.4 Å². The Bertz CT molecular complexity index is 1230. The number of thiophene rings is 1. The third-order valence-corrected chi connectivity index (χ3v) is 6.90. The smallest absolute Gasteiger partial charge is 0.204 e. The minimum atomic E-state index is -0.195. The van der Waals surface area contributed by atoms with Gasteiger partial charge in [-0.3, -0.25) is 0 Å². The molecule has 0 spiro atoms. The highest BCUT2D eigenvalue weighted by Crippen LogP contribution is 2.36. The number of rotatable bonds is 8. The first-order valence-electron chi connectivity index (χ1n) is 11.9. The summed E-state index contributed by atoms with van der Waals surface area (Å²) < 4.78 is 5.63. The van der Waals surface area contributed by atoms with Gasteiger partial charge in [-0.15, -0.1) is 9.89 Å². The van der Waals surface area contributed by atoms with Gasteiger partial charge in [-0.05, 0) is 44.0 Å². The number of unbranched alkanes of at least 4 members (excludes halogenated alkanes) is 1. The van der Waals surface area contributed by atoms with Gasteiger partial charge in [-0.25, -0.2) is 9.98 Å². The molecule has 4 rings (SSSR count). The molecule has 0 aliphatic carbocycles. The van der Waals surface area contributed by atoms with Gasteiger partial charge in [0.15, 0.2) is 5.82 Å². The van der Waals surface area contributed by atoms with Crippen molar-refractivity contribution in [3.05, 3.63) is 41.7 Å². The highest BCUT2D eigenvalue weighted by molar-refractivity contribution is 7.19. The maximum atomic E-state index is 5.63. The zero-order valence-corrected chi connectivity index (χ0v) is 22.0. The first-order valence-corrected chi connectivity index (χ1v) is 12.7. The van der Waals surface area contributed by atoms with Gasteiger partial charge in [-0.1, -0.05) is 57.6 Å². The number of methoxy groups -OCH3 is 1. The molecule has 0 saturated carbocycles. The number of para-hydroxylation sites is 1. The van der Waals surface area contributed by atoms with Crippen molar-refractivity contribution < 1.29 is 4.74 Å². The second-order valence-electron chi connectivity index (χ2n) is 9.51. The number of anilines is 1. The van der Waals surface area contributed by atoms with Crippen LogP contribution in [0, 0.1) is 12.3 Å². The van der Waals surface area contributed by atoms with Crippen LogP contribution in [-0.2, 0) is 0 Å². The van der Waals surface area contributed by atoms with Crippen LogP contribution in [0.3, 0.4) is 0 Å². The van der Waals surface area contributed by atoms with Crippen molar-refractivity contribution >= 4 is 32.8 Å². The Balaban J connectivity index is 1.75. The Kier molecular flexibility index (Phi) is 6.89. The van der Waals surface area contributed by atoms with E-state index in [4.69, 9.17) is 24.9 Å². The molecule has 0 atom stereocenters. The van der Waals surface area contributed by atoms with E-state index in [2.05, 4.69) is 51.7 Å². The summed E-state index contributed by atoms with van der Waals surface area (Å²) in [6.45, 7) is 14.9. The van der Waals surface area contributed by atoms with Crippen molar-refractivity contribution in [2.24, 2.45) is 15.5 Å². The molecule has 3 heterocycles. The lowest BCUT2D eigenvalue weighted by Crippen LogP contribution is -2.27. The lowest BCUT2D eigenvalue weighted by atomic mass is 9.87. The summed E-state index contributed by atoms with van der Waals surface area (Å²) in [6, 6.07) is 10.2. The normalized spacial score (nSPS) is 14.4. The number of aromatic nitrogens is 3. The number of nitrogens with zero attached hydrogens (tertiary/aromatic N) is 6. The minimum Gasteiger partial charge on any atom is -0.496 e. The number of aryl methyl sites for hydroxylation is 1. The van der Waals surface area contributed by atoms with Crippen LogP contribution in [-0.4, -0.2) is 46.5 Å². The summed E-state index contributed by atoms with van der Waals surface area (Å²) >= 11 is 1.71. The average Bonchev–Trinajstić information content (AvgIpc) is 3.50. The van der Waals surface area contributed by atoms with E-state index in [1.165, 1.54) is 17.8 Å². The van der Waals surface area contributed by atoms with Crippen LogP contribution in [0.1, 0.15) is 58.8 Å². The molecule has 3 aromatic rings. The summed E-state index contributed by atoms with van der Waals surface area (Å²) in [5, 5.41) is 11.7. The largest absolute Gasteiger partial charge is 0.496 e. The topological polar surface area (TPSA) is 67.9 Å². The molecule has 34 heavy (non-hydrogen) atoms. The summed E-state index contributed by atoms with van der Waals surface area (Å²) in [5.41, 5.74) is 3.36. The number of fused-ring (bicyclic) bond motifs is 1. The van der Waals surface area contributed by atoms with Gasteiger partial charge in [0.05, 0.1) is 23.4 Å². The predicted molar refractivity (Wildman–Crippen MR) is 142 cm³/mol. The Hall–Kier alpha value is -3.00.